The van der Waals surface area contributed by atoms with E-state index in [1.54, 1.807) is 0 Å². The fourth-order valence-corrected chi connectivity index (χ4v) is 0. The van der Waals surface area contributed by atoms with E-state index in [0.29, 0.717) is 0 Å². The molecule has 3 nitrogen and oxygen atoms in total. The Morgan fingerprint density at radius 1 is 1.29 bits per heavy atom. The molecular weight excluding hydrogens is 114 g/mol. The van der Waals surface area contributed by atoms with Crippen LogP contribution >= 0.6 is 0 Å². The minimum atomic E-state index is -3.17. The first-order chi connectivity index (χ1) is 3.00. The van der Waals surface area contributed by atoms with E-state index in [0.717, 1.165) is 6.26 Å². The highest BCUT2D eigenvalue weighted by atomic mass is 32.2. The van der Waals surface area contributed by atoms with Gasteiger partial charge in [0, 0.05) is 0 Å². The lowest BCUT2D eigenvalue weighted by Gasteiger charge is -1.71. The van der Waals surface area contributed by atoms with Crippen LogP contribution in [-0.4, -0.2) is 14.7 Å². The van der Waals surface area contributed by atoms with Crippen molar-refractivity contribution in [2.45, 2.75) is 13.8 Å². The van der Waals surface area contributed by atoms with E-state index in [2.05, 4.69) is 5.14 Å². The second kappa shape index (κ2) is 4.08. The zero-order valence-electron chi connectivity index (χ0n) is 4.80. The molecule has 0 unspecified atom stereocenters. The van der Waals surface area contributed by atoms with Crippen LogP contribution in [0.5, 0.6) is 0 Å². The number of rotatable bonds is 0. The molecule has 4 heteroatoms. The van der Waals surface area contributed by atoms with Gasteiger partial charge in [-0.3, -0.25) is 0 Å². The summed E-state index contributed by atoms with van der Waals surface area (Å²) >= 11 is 0. The van der Waals surface area contributed by atoms with Crippen LogP contribution < -0.4 is 5.14 Å². The predicted octanol–water partition coefficient (Wildman–Crippen LogP) is -0.0691. The molecule has 0 rings (SSSR count). The maximum Gasteiger partial charge on any atom is 0.206 e. The van der Waals surface area contributed by atoms with Gasteiger partial charge in [0.1, 0.15) is 0 Å². The normalized spacial score (nSPS) is 9.14. The van der Waals surface area contributed by atoms with Crippen LogP contribution in [-0.2, 0) is 10.0 Å². The molecule has 0 atom stereocenters. The van der Waals surface area contributed by atoms with Crippen molar-refractivity contribution in [2.75, 3.05) is 6.26 Å². The number of hydrogen-bond donors (Lipinski definition) is 1. The number of hydrogen-bond acceptors (Lipinski definition) is 2. The first-order valence-electron chi connectivity index (χ1n) is 1.98. The standard InChI is InChI=1S/C2H6.CH5NO2S/c1-2;1-5(2,3)4/h1-2H3;1H3,(H2,2,3,4). The first-order valence-corrected chi connectivity index (χ1v) is 3.93. The number of nitrogens with two attached hydrogens (primary N) is 1. The summed E-state index contributed by atoms with van der Waals surface area (Å²) < 4.78 is 18.8. The van der Waals surface area contributed by atoms with Crippen LogP contribution in [0, 0.1) is 0 Å². The molecule has 0 spiro atoms. The molecule has 0 amide bonds. The Morgan fingerprint density at radius 2 is 1.29 bits per heavy atom. The average Bonchev–Trinajstić information content (AvgIpc) is 1.36. The summed E-state index contributed by atoms with van der Waals surface area (Å²) in [5.41, 5.74) is 0. The third-order valence-corrected chi connectivity index (χ3v) is 0. The molecule has 2 N–H and O–H groups in total. The molecule has 7 heavy (non-hydrogen) atoms. The smallest absolute Gasteiger partial charge is 0.206 e. The van der Waals surface area contributed by atoms with Crippen molar-refractivity contribution >= 4 is 10.0 Å². The van der Waals surface area contributed by atoms with Gasteiger partial charge < -0.3 is 0 Å². The fourth-order valence-electron chi connectivity index (χ4n) is 0. The highest BCUT2D eigenvalue weighted by Gasteiger charge is 1.78. The minimum Gasteiger partial charge on any atom is -0.229 e. The Bertz CT molecular complexity index is 96.1. The topological polar surface area (TPSA) is 60.2 Å². The molecule has 0 aliphatic carbocycles. The largest absolute Gasteiger partial charge is 0.229 e. The van der Waals surface area contributed by atoms with Crippen molar-refractivity contribution < 1.29 is 8.42 Å². The molecule has 0 aliphatic rings. The van der Waals surface area contributed by atoms with E-state index in [-0.39, 0.29) is 0 Å². The second-order valence-electron chi connectivity index (χ2n) is 0.830. The van der Waals surface area contributed by atoms with Gasteiger partial charge in [-0.2, -0.15) is 0 Å². The Kier molecular flexibility index (Phi) is 5.83. The molecule has 0 bridgehead atoms. The van der Waals surface area contributed by atoms with Crippen LogP contribution in [0.25, 0.3) is 0 Å². The average molecular weight is 125 g/mol. The molecule has 0 fully saturated rings. The van der Waals surface area contributed by atoms with Gasteiger partial charge in [0.25, 0.3) is 0 Å². The summed E-state index contributed by atoms with van der Waals surface area (Å²) in [6.07, 6.45) is 0.938. The Balaban J connectivity index is 0. The van der Waals surface area contributed by atoms with Gasteiger partial charge in [0.05, 0.1) is 6.26 Å². The summed E-state index contributed by atoms with van der Waals surface area (Å²) in [5, 5.41) is 4.33. The van der Waals surface area contributed by atoms with Gasteiger partial charge >= 0.3 is 0 Å². The van der Waals surface area contributed by atoms with E-state index < -0.39 is 10.0 Å². The molecule has 0 heterocycles. The van der Waals surface area contributed by atoms with E-state index in [1.165, 1.54) is 0 Å². The monoisotopic (exact) mass is 125 g/mol. The summed E-state index contributed by atoms with van der Waals surface area (Å²) in [5.74, 6) is 0. The third kappa shape index (κ3) is 11200. The third-order valence-electron chi connectivity index (χ3n) is 0. The molecule has 46 valence electrons. The minimum absolute atomic E-state index is 0.938. The van der Waals surface area contributed by atoms with E-state index in [1.807, 2.05) is 13.8 Å². The molecule has 0 aromatic rings. The summed E-state index contributed by atoms with van der Waals surface area (Å²) in [6, 6.07) is 0. The Hall–Kier alpha value is -0.0900. The van der Waals surface area contributed by atoms with E-state index in [4.69, 9.17) is 0 Å². The van der Waals surface area contributed by atoms with Gasteiger partial charge in [-0.25, -0.2) is 13.6 Å². The zero-order valence-corrected chi connectivity index (χ0v) is 5.62. The molecule has 0 saturated carbocycles. The predicted molar refractivity (Wildman–Crippen MR) is 30.4 cm³/mol. The lowest BCUT2D eigenvalue weighted by atomic mass is 11.0. The van der Waals surface area contributed by atoms with Gasteiger partial charge in [0.15, 0.2) is 0 Å². The molecule has 0 saturated heterocycles. The molecular formula is C3H11NO2S. The van der Waals surface area contributed by atoms with Crippen LogP contribution in [0.2, 0.25) is 0 Å². The van der Waals surface area contributed by atoms with Crippen molar-refractivity contribution in [3.05, 3.63) is 0 Å². The second-order valence-corrected chi connectivity index (χ2v) is 2.49. The van der Waals surface area contributed by atoms with Gasteiger partial charge in [-0.15, -0.1) is 0 Å². The Morgan fingerprint density at radius 3 is 1.29 bits per heavy atom. The van der Waals surface area contributed by atoms with Crippen molar-refractivity contribution in [2.24, 2.45) is 5.14 Å². The van der Waals surface area contributed by atoms with Gasteiger partial charge in [0.2, 0.25) is 10.0 Å². The lowest BCUT2D eigenvalue weighted by molar-refractivity contribution is 0.603. The number of sulfonamides is 1. The summed E-state index contributed by atoms with van der Waals surface area (Å²) in [6.45, 7) is 4.00. The quantitative estimate of drug-likeness (QED) is 0.492. The lowest BCUT2D eigenvalue weighted by Crippen LogP contribution is -2.07. The van der Waals surface area contributed by atoms with Crippen molar-refractivity contribution in [3.63, 3.8) is 0 Å². The molecule has 0 radical (unpaired) electrons. The SMILES string of the molecule is CC.CS(N)(=O)=O. The van der Waals surface area contributed by atoms with Crippen molar-refractivity contribution in [1.29, 1.82) is 0 Å². The molecule has 0 aromatic heterocycles. The van der Waals surface area contributed by atoms with E-state index >= 15 is 0 Å². The van der Waals surface area contributed by atoms with Gasteiger partial charge in [-0.05, 0) is 0 Å². The summed E-state index contributed by atoms with van der Waals surface area (Å²) in [4.78, 5) is 0. The summed E-state index contributed by atoms with van der Waals surface area (Å²) in [7, 11) is -3.17. The van der Waals surface area contributed by atoms with Gasteiger partial charge in [-0.1, -0.05) is 13.8 Å². The Labute approximate surface area is 44.6 Å². The van der Waals surface area contributed by atoms with Crippen LogP contribution in [0.3, 0.4) is 0 Å². The van der Waals surface area contributed by atoms with Crippen molar-refractivity contribution in [1.82, 2.24) is 0 Å². The maximum atomic E-state index is 9.41. The van der Waals surface area contributed by atoms with E-state index in [9.17, 15) is 8.42 Å². The molecule has 0 aromatic carbocycles. The van der Waals surface area contributed by atoms with Crippen LogP contribution in [0.4, 0.5) is 0 Å². The molecule has 0 aliphatic heterocycles. The highest BCUT2D eigenvalue weighted by Crippen LogP contribution is 1.52. The zero-order chi connectivity index (χ0) is 6.50. The highest BCUT2D eigenvalue weighted by molar-refractivity contribution is 7.88. The maximum absolute atomic E-state index is 9.41. The fraction of sp³-hybridized carbons (Fsp3) is 1.00. The van der Waals surface area contributed by atoms with Crippen molar-refractivity contribution in [3.8, 4) is 0 Å². The van der Waals surface area contributed by atoms with Crippen LogP contribution in [0.15, 0.2) is 0 Å². The first kappa shape index (κ1) is 10.0. The van der Waals surface area contributed by atoms with Crippen LogP contribution in [0.1, 0.15) is 13.8 Å². The number of primary sulfonamides is 1.